The zero-order valence-electron chi connectivity index (χ0n) is 15.5. The van der Waals surface area contributed by atoms with Gasteiger partial charge in [-0.25, -0.2) is 4.79 Å². The number of carbonyl (C=O) groups is 3. The lowest BCUT2D eigenvalue weighted by atomic mass is 9.99. The van der Waals surface area contributed by atoms with Gasteiger partial charge in [-0.3, -0.25) is 9.59 Å². The van der Waals surface area contributed by atoms with Gasteiger partial charge in [-0.05, 0) is 37.0 Å². The highest BCUT2D eigenvalue weighted by molar-refractivity contribution is 6.34. The number of carbonyl (C=O) groups excluding carboxylic acids is 3. The Bertz CT molecular complexity index is 684. The number of methoxy groups -OCH3 is 1. The molecule has 1 saturated heterocycles. The summed E-state index contributed by atoms with van der Waals surface area (Å²) in [7, 11) is 1.29. The standard InChI is InChI=1S/C19H25ClN2O4/c1-13-6-9-21(10-7-13)18(24)8-11-22(14(2)23)17-12-15(19(25)26-3)4-5-16(17)20/h4-5,12-13H,6-11H2,1-3H3. The molecule has 1 aromatic rings. The lowest BCUT2D eigenvalue weighted by Crippen LogP contribution is -2.40. The third kappa shape index (κ3) is 4.97. The molecule has 0 atom stereocenters. The molecule has 6 nitrogen and oxygen atoms in total. The fraction of sp³-hybridized carbons (Fsp3) is 0.526. The summed E-state index contributed by atoms with van der Waals surface area (Å²) in [5.74, 6) is -0.0741. The van der Waals surface area contributed by atoms with Gasteiger partial charge in [0.25, 0.3) is 0 Å². The van der Waals surface area contributed by atoms with Gasteiger partial charge in [-0.15, -0.1) is 0 Å². The monoisotopic (exact) mass is 380 g/mol. The number of rotatable bonds is 5. The van der Waals surface area contributed by atoms with E-state index in [4.69, 9.17) is 16.3 Å². The van der Waals surface area contributed by atoms with Crippen molar-refractivity contribution in [3.8, 4) is 0 Å². The maximum absolute atomic E-state index is 12.5. The van der Waals surface area contributed by atoms with Crippen LogP contribution >= 0.6 is 11.6 Å². The van der Waals surface area contributed by atoms with Crippen molar-refractivity contribution in [2.75, 3.05) is 31.6 Å². The summed E-state index contributed by atoms with van der Waals surface area (Å²) in [4.78, 5) is 39.6. The molecule has 1 aromatic carbocycles. The number of amides is 2. The Morgan fingerprint density at radius 3 is 2.50 bits per heavy atom. The van der Waals surface area contributed by atoms with Gasteiger partial charge in [0.1, 0.15) is 0 Å². The van der Waals surface area contributed by atoms with Crippen molar-refractivity contribution in [3.63, 3.8) is 0 Å². The van der Waals surface area contributed by atoms with Gasteiger partial charge in [-0.1, -0.05) is 18.5 Å². The van der Waals surface area contributed by atoms with Gasteiger partial charge >= 0.3 is 5.97 Å². The predicted molar refractivity (Wildman–Crippen MR) is 100 cm³/mol. The summed E-state index contributed by atoms with van der Waals surface area (Å²) in [6.45, 7) is 5.34. The minimum atomic E-state index is -0.509. The average molecular weight is 381 g/mol. The average Bonchev–Trinajstić information content (AvgIpc) is 2.62. The molecule has 142 valence electrons. The van der Waals surface area contributed by atoms with Crippen LogP contribution in [0.2, 0.25) is 5.02 Å². The van der Waals surface area contributed by atoms with Crippen molar-refractivity contribution in [1.29, 1.82) is 0 Å². The highest BCUT2D eigenvalue weighted by Crippen LogP contribution is 2.28. The number of esters is 1. The van der Waals surface area contributed by atoms with Crippen LogP contribution in [0.5, 0.6) is 0 Å². The van der Waals surface area contributed by atoms with E-state index in [-0.39, 0.29) is 24.8 Å². The summed E-state index contributed by atoms with van der Waals surface area (Å²) in [5, 5.41) is 0.340. The Morgan fingerprint density at radius 1 is 1.27 bits per heavy atom. The Hall–Kier alpha value is -2.08. The predicted octanol–water partition coefficient (Wildman–Crippen LogP) is 3.13. The normalized spacial score (nSPS) is 14.8. The lowest BCUT2D eigenvalue weighted by molar-refractivity contribution is -0.132. The Labute approximate surface area is 159 Å². The fourth-order valence-corrected chi connectivity index (χ4v) is 3.25. The van der Waals surface area contributed by atoms with E-state index in [1.807, 2.05) is 4.90 Å². The van der Waals surface area contributed by atoms with E-state index in [9.17, 15) is 14.4 Å². The number of piperidine rings is 1. The second kappa shape index (κ2) is 9.03. The fourth-order valence-electron chi connectivity index (χ4n) is 3.04. The highest BCUT2D eigenvalue weighted by atomic mass is 35.5. The van der Waals surface area contributed by atoms with Crippen LogP contribution in [0.3, 0.4) is 0 Å². The van der Waals surface area contributed by atoms with Gasteiger partial charge in [0.2, 0.25) is 11.8 Å². The maximum Gasteiger partial charge on any atom is 0.337 e. The summed E-state index contributed by atoms with van der Waals surface area (Å²) in [6.07, 6.45) is 2.23. The van der Waals surface area contributed by atoms with Crippen molar-refractivity contribution in [2.24, 2.45) is 5.92 Å². The van der Waals surface area contributed by atoms with Gasteiger partial charge in [-0.2, -0.15) is 0 Å². The smallest absolute Gasteiger partial charge is 0.337 e. The van der Waals surface area contributed by atoms with Gasteiger partial charge in [0.15, 0.2) is 0 Å². The molecular formula is C19H25ClN2O4. The molecule has 0 N–H and O–H groups in total. The van der Waals surface area contributed by atoms with Crippen LogP contribution in [0.25, 0.3) is 0 Å². The van der Waals surface area contributed by atoms with E-state index >= 15 is 0 Å². The van der Waals surface area contributed by atoms with E-state index in [0.717, 1.165) is 25.9 Å². The summed E-state index contributed by atoms with van der Waals surface area (Å²) >= 11 is 6.22. The first-order valence-electron chi connectivity index (χ1n) is 8.77. The molecule has 1 aliphatic rings. The third-order valence-electron chi connectivity index (χ3n) is 4.72. The number of benzene rings is 1. The number of hydrogen-bond donors (Lipinski definition) is 0. The van der Waals surface area contributed by atoms with E-state index in [0.29, 0.717) is 22.2 Å². The Balaban J connectivity index is 2.10. The summed E-state index contributed by atoms with van der Waals surface area (Å²) < 4.78 is 4.71. The number of ether oxygens (including phenoxy) is 1. The van der Waals surface area contributed by atoms with Crippen molar-refractivity contribution < 1.29 is 19.1 Å². The Kier molecular flexibility index (Phi) is 7.03. The molecular weight excluding hydrogens is 356 g/mol. The molecule has 7 heteroatoms. The second-order valence-electron chi connectivity index (χ2n) is 6.64. The highest BCUT2D eigenvalue weighted by Gasteiger charge is 2.23. The zero-order valence-corrected chi connectivity index (χ0v) is 16.2. The number of likely N-dealkylation sites (tertiary alicyclic amines) is 1. The van der Waals surface area contributed by atoms with Gasteiger partial charge < -0.3 is 14.5 Å². The van der Waals surface area contributed by atoms with Crippen LogP contribution < -0.4 is 4.90 Å². The minimum Gasteiger partial charge on any atom is -0.465 e. The van der Waals surface area contributed by atoms with Crippen LogP contribution in [0.1, 0.15) is 43.5 Å². The minimum absolute atomic E-state index is 0.0309. The number of nitrogens with zero attached hydrogens (tertiary/aromatic N) is 2. The molecule has 1 heterocycles. The van der Waals surface area contributed by atoms with Crippen LogP contribution in [0, 0.1) is 5.92 Å². The van der Waals surface area contributed by atoms with Crippen LogP contribution in [-0.4, -0.2) is 49.4 Å². The van der Waals surface area contributed by atoms with Crippen LogP contribution in [0.15, 0.2) is 18.2 Å². The molecule has 0 saturated carbocycles. The largest absolute Gasteiger partial charge is 0.465 e. The topological polar surface area (TPSA) is 66.9 Å². The van der Waals surface area contributed by atoms with E-state index in [1.165, 1.54) is 31.1 Å². The van der Waals surface area contributed by atoms with Crippen LogP contribution in [-0.2, 0) is 14.3 Å². The van der Waals surface area contributed by atoms with Crippen LogP contribution in [0.4, 0.5) is 5.69 Å². The SMILES string of the molecule is COC(=O)c1ccc(Cl)c(N(CCC(=O)N2CCC(C)CC2)C(C)=O)c1. The molecule has 2 amide bonds. The molecule has 1 aliphatic heterocycles. The molecule has 0 aliphatic carbocycles. The summed E-state index contributed by atoms with van der Waals surface area (Å²) in [5.41, 5.74) is 0.705. The van der Waals surface area contributed by atoms with Gasteiger partial charge in [0, 0.05) is 33.0 Å². The van der Waals surface area contributed by atoms with Gasteiger partial charge in [0.05, 0.1) is 23.4 Å². The van der Waals surface area contributed by atoms with Crippen molar-refractivity contribution >= 4 is 35.1 Å². The maximum atomic E-state index is 12.5. The second-order valence-corrected chi connectivity index (χ2v) is 7.05. The Morgan fingerprint density at radius 2 is 1.92 bits per heavy atom. The quantitative estimate of drug-likeness (QED) is 0.736. The molecule has 26 heavy (non-hydrogen) atoms. The molecule has 0 radical (unpaired) electrons. The lowest BCUT2D eigenvalue weighted by Gasteiger charge is -2.31. The first-order chi connectivity index (χ1) is 12.3. The number of hydrogen-bond acceptors (Lipinski definition) is 4. The third-order valence-corrected chi connectivity index (χ3v) is 5.04. The van der Waals surface area contributed by atoms with Crippen molar-refractivity contribution in [3.05, 3.63) is 28.8 Å². The van der Waals surface area contributed by atoms with Crippen molar-refractivity contribution in [2.45, 2.75) is 33.1 Å². The summed E-state index contributed by atoms with van der Waals surface area (Å²) in [6, 6.07) is 4.60. The number of anilines is 1. The molecule has 1 fully saturated rings. The molecule has 2 rings (SSSR count). The van der Waals surface area contributed by atoms with E-state index < -0.39 is 5.97 Å². The molecule has 0 unspecified atom stereocenters. The molecule has 0 bridgehead atoms. The van der Waals surface area contributed by atoms with Crippen molar-refractivity contribution in [1.82, 2.24) is 4.90 Å². The zero-order chi connectivity index (χ0) is 19.3. The van der Waals surface area contributed by atoms with E-state index in [1.54, 1.807) is 6.07 Å². The van der Waals surface area contributed by atoms with E-state index in [2.05, 4.69) is 6.92 Å². The first kappa shape index (κ1) is 20.2. The number of halogens is 1. The molecule has 0 spiro atoms. The molecule has 0 aromatic heterocycles. The first-order valence-corrected chi connectivity index (χ1v) is 9.15.